The summed E-state index contributed by atoms with van der Waals surface area (Å²) in [5.74, 6) is -2.00. The molecule has 186 valence electrons. The number of fused-ring (bicyclic) bond motifs is 1. The molecule has 0 saturated carbocycles. The number of ether oxygens (including phenoxy) is 1. The van der Waals surface area contributed by atoms with Crippen LogP contribution >= 0.6 is 38.9 Å². The highest BCUT2D eigenvalue weighted by molar-refractivity contribution is 9.10. The lowest BCUT2D eigenvalue weighted by Gasteiger charge is -2.25. The van der Waals surface area contributed by atoms with E-state index < -0.39 is 23.5 Å². The Morgan fingerprint density at radius 3 is 2.65 bits per heavy atom. The number of phenols is 1. The van der Waals surface area contributed by atoms with Gasteiger partial charge in [0.25, 0.3) is 5.91 Å². The van der Waals surface area contributed by atoms with Gasteiger partial charge in [-0.15, -0.1) is 0 Å². The minimum atomic E-state index is -1.04. The minimum Gasteiger partial charge on any atom is -0.503 e. The molecule has 7 nitrogen and oxygen atoms in total. The lowest BCUT2D eigenvalue weighted by molar-refractivity contribution is -0.117. The molecule has 1 amide bonds. The quantitative estimate of drug-likeness (QED) is 0.243. The largest absolute Gasteiger partial charge is 0.503 e. The molecule has 0 fully saturated rings. The van der Waals surface area contributed by atoms with Crippen LogP contribution in [0, 0.1) is 0 Å². The number of ketones is 1. The van der Waals surface area contributed by atoms with Crippen LogP contribution in [-0.4, -0.2) is 34.0 Å². The van der Waals surface area contributed by atoms with Gasteiger partial charge >= 0.3 is 0 Å². The number of aromatic hydroxyl groups is 1. The smallest absolute Gasteiger partial charge is 0.296 e. The maximum Gasteiger partial charge on any atom is 0.296 e. The van der Waals surface area contributed by atoms with Gasteiger partial charge in [0.05, 0.1) is 33.4 Å². The van der Waals surface area contributed by atoms with Crippen molar-refractivity contribution < 1.29 is 24.5 Å². The second kappa shape index (κ2) is 10.0. The van der Waals surface area contributed by atoms with Gasteiger partial charge in [0, 0.05) is 5.02 Å². The van der Waals surface area contributed by atoms with E-state index >= 15 is 0 Å². The molecule has 1 aliphatic heterocycles. The van der Waals surface area contributed by atoms with Gasteiger partial charge in [-0.3, -0.25) is 14.5 Å². The van der Waals surface area contributed by atoms with Crippen LogP contribution in [0.5, 0.6) is 11.5 Å². The third-order valence-electron chi connectivity index (χ3n) is 5.83. The summed E-state index contributed by atoms with van der Waals surface area (Å²) in [6.07, 6.45) is 2.93. The van der Waals surface area contributed by atoms with Crippen molar-refractivity contribution in [1.29, 1.82) is 0 Å². The molecule has 0 bridgehead atoms. The minimum absolute atomic E-state index is 0.117. The van der Waals surface area contributed by atoms with Crippen molar-refractivity contribution in [2.75, 3.05) is 12.0 Å². The number of phenolic OH excluding ortho intramolecular Hbond substituents is 1. The number of hydrogen-bond donors (Lipinski definition) is 2. The van der Waals surface area contributed by atoms with Crippen LogP contribution in [0.4, 0.5) is 5.13 Å². The second-order valence-corrected chi connectivity index (χ2v) is 10.4. The highest BCUT2D eigenvalue weighted by atomic mass is 79.9. The highest BCUT2D eigenvalue weighted by Crippen LogP contribution is 2.46. The Balaban J connectivity index is 1.66. The monoisotopic (exact) mass is 596 g/mol. The fourth-order valence-electron chi connectivity index (χ4n) is 4.09. The predicted molar refractivity (Wildman–Crippen MR) is 147 cm³/mol. The Labute approximate surface area is 229 Å². The number of aliphatic hydroxyl groups is 1. The topological polar surface area (TPSA) is 100.0 Å². The summed E-state index contributed by atoms with van der Waals surface area (Å²) in [6, 6.07) is 16.4. The van der Waals surface area contributed by atoms with E-state index in [1.54, 1.807) is 30.3 Å². The number of halogens is 2. The van der Waals surface area contributed by atoms with Gasteiger partial charge in [-0.25, -0.2) is 4.98 Å². The van der Waals surface area contributed by atoms with Gasteiger partial charge in [0.15, 0.2) is 28.2 Å². The van der Waals surface area contributed by atoms with Crippen molar-refractivity contribution in [3.05, 3.63) is 98.7 Å². The normalized spacial score (nSPS) is 15.8. The molecule has 0 spiro atoms. The molecule has 37 heavy (non-hydrogen) atoms. The van der Waals surface area contributed by atoms with E-state index in [4.69, 9.17) is 16.3 Å². The van der Waals surface area contributed by atoms with Crippen molar-refractivity contribution >= 4 is 72.0 Å². The third-order valence-corrected chi connectivity index (χ3v) is 7.69. The molecule has 5 rings (SSSR count). The van der Waals surface area contributed by atoms with E-state index in [1.165, 1.54) is 35.5 Å². The number of aromatic nitrogens is 1. The zero-order chi connectivity index (χ0) is 26.3. The molecule has 0 radical (unpaired) electrons. The summed E-state index contributed by atoms with van der Waals surface area (Å²) in [6.45, 7) is 0. The van der Waals surface area contributed by atoms with Gasteiger partial charge in [0.1, 0.15) is 0 Å². The van der Waals surface area contributed by atoms with E-state index in [1.807, 2.05) is 30.3 Å². The van der Waals surface area contributed by atoms with E-state index in [-0.39, 0.29) is 22.2 Å². The number of aliphatic hydroxyl groups excluding tert-OH is 1. The van der Waals surface area contributed by atoms with Crippen LogP contribution < -0.4 is 9.64 Å². The molecule has 10 heteroatoms. The number of methoxy groups -OCH3 is 1. The maximum absolute atomic E-state index is 13.4. The van der Waals surface area contributed by atoms with Crippen LogP contribution in [0.3, 0.4) is 0 Å². The zero-order valence-corrected chi connectivity index (χ0v) is 22.3. The molecule has 1 aliphatic rings. The SMILES string of the molecule is COc1cc(C2C(C(=O)/C=C/c3ccccc3)=C(O)C(=O)N2c2nc3ccc(Cl)cc3s2)cc(Br)c1O. The molecule has 3 aromatic carbocycles. The standard InChI is InChI=1S/C27H18BrClN2O5S/c1-36-20-12-15(11-17(28)24(20)33)23-22(19(32)10-7-14-5-3-2-4-6-14)25(34)26(35)31(23)27-30-18-9-8-16(29)13-21(18)37-27/h2-13,23,33-34H,1H3/b10-7+. The molecule has 0 aliphatic carbocycles. The molecule has 2 heterocycles. The Morgan fingerprint density at radius 2 is 1.92 bits per heavy atom. The number of thiazole rings is 1. The second-order valence-electron chi connectivity index (χ2n) is 8.11. The predicted octanol–water partition coefficient (Wildman–Crippen LogP) is 6.61. The lowest BCUT2D eigenvalue weighted by Crippen LogP contribution is -2.30. The zero-order valence-electron chi connectivity index (χ0n) is 19.2. The first-order valence-corrected chi connectivity index (χ1v) is 12.9. The first-order chi connectivity index (χ1) is 17.8. The van der Waals surface area contributed by atoms with Gasteiger partial charge in [-0.05, 0) is 63.5 Å². The van der Waals surface area contributed by atoms with Crippen LogP contribution in [0.1, 0.15) is 17.2 Å². The maximum atomic E-state index is 13.4. The van der Waals surface area contributed by atoms with Gasteiger partial charge in [-0.1, -0.05) is 59.3 Å². The summed E-state index contributed by atoms with van der Waals surface area (Å²) in [5.41, 5.74) is 1.70. The molecule has 0 saturated heterocycles. The first-order valence-electron chi connectivity index (χ1n) is 10.9. The molecular weight excluding hydrogens is 580 g/mol. The number of carbonyl (C=O) groups is 2. The molecular formula is C27H18BrClN2O5S. The number of amides is 1. The summed E-state index contributed by atoms with van der Waals surface area (Å²) in [4.78, 5) is 32.7. The Bertz CT molecular complexity index is 1620. The average Bonchev–Trinajstić information content (AvgIpc) is 3.42. The van der Waals surface area contributed by atoms with Gasteiger partial charge < -0.3 is 14.9 Å². The summed E-state index contributed by atoms with van der Waals surface area (Å²) in [7, 11) is 1.39. The Kier molecular flexibility index (Phi) is 6.76. The van der Waals surface area contributed by atoms with Crippen molar-refractivity contribution in [2.24, 2.45) is 0 Å². The molecule has 2 N–H and O–H groups in total. The van der Waals surface area contributed by atoms with Crippen LogP contribution in [0.2, 0.25) is 5.02 Å². The fraction of sp³-hybridized carbons (Fsp3) is 0.0741. The Morgan fingerprint density at radius 1 is 1.16 bits per heavy atom. The molecule has 1 aromatic heterocycles. The number of nitrogens with zero attached hydrogens (tertiary/aromatic N) is 2. The molecule has 1 atom stereocenters. The van der Waals surface area contributed by atoms with Crippen LogP contribution in [0.25, 0.3) is 16.3 Å². The van der Waals surface area contributed by atoms with Gasteiger partial charge in [0.2, 0.25) is 0 Å². The number of allylic oxidation sites excluding steroid dienone is 1. The van der Waals surface area contributed by atoms with Crippen molar-refractivity contribution in [3.8, 4) is 11.5 Å². The van der Waals surface area contributed by atoms with E-state index in [2.05, 4.69) is 20.9 Å². The van der Waals surface area contributed by atoms with Crippen LogP contribution in [-0.2, 0) is 9.59 Å². The third kappa shape index (κ3) is 4.61. The van der Waals surface area contributed by atoms with Crippen LogP contribution in [0.15, 0.2) is 82.5 Å². The fourth-order valence-corrected chi connectivity index (χ4v) is 5.82. The number of anilines is 1. The van der Waals surface area contributed by atoms with Gasteiger partial charge in [-0.2, -0.15) is 0 Å². The highest BCUT2D eigenvalue weighted by Gasteiger charge is 2.45. The van der Waals surface area contributed by atoms with Crippen molar-refractivity contribution in [3.63, 3.8) is 0 Å². The number of rotatable bonds is 6. The molecule has 4 aromatic rings. The first kappa shape index (κ1) is 25.0. The van der Waals surface area contributed by atoms with E-state index in [0.717, 1.165) is 10.3 Å². The van der Waals surface area contributed by atoms with Crippen molar-refractivity contribution in [2.45, 2.75) is 6.04 Å². The Hall–Kier alpha value is -3.66. The van der Waals surface area contributed by atoms with E-state index in [9.17, 15) is 19.8 Å². The summed E-state index contributed by atoms with van der Waals surface area (Å²) < 4.78 is 6.33. The lowest BCUT2D eigenvalue weighted by atomic mass is 9.95. The number of hydrogen-bond acceptors (Lipinski definition) is 7. The van der Waals surface area contributed by atoms with Crippen molar-refractivity contribution in [1.82, 2.24) is 4.98 Å². The number of benzene rings is 3. The summed E-state index contributed by atoms with van der Waals surface area (Å²) in [5, 5.41) is 22.1. The molecule has 1 unspecified atom stereocenters. The number of carbonyl (C=O) groups excluding carboxylic acids is 2. The summed E-state index contributed by atoms with van der Waals surface area (Å²) >= 11 is 10.6. The van der Waals surface area contributed by atoms with E-state index in [0.29, 0.717) is 20.6 Å². The average molecular weight is 598 g/mol.